The zero-order valence-electron chi connectivity index (χ0n) is 19.5. The van der Waals surface area contributed by atoms with E-state index in [1.54, 1.807) is 19.1 Å². The molecule has 0 spiro atoms. The Morgan fingerprint density at radius 1 is 1.25 bits per heavy atom. The maximum absolute atomic E-state index is 13.7. The van der Waals surface area contributed by atoms with E-state index in [1.807, 2.05) is 31.2 Å². The van der Waals surface area contributed by atoms with Gasteiger partial charge in [0.05, 0.1) is 22.7 Å². The normalized spacial score (nSPS) is 14.8. The molecule has 182 valence electrons. The summed E-state index contributed by atoms with van der Waals surface area (Å²) in [7, 11) is 0. The lowest BCUT2D eigenvalue weighted by Gasteiger charge is -2.22. The van der Waals surface area contributed by atoms with E-state index in [9.17, 15) is 14.4 Å². The van der Waals surface area contributed by atoms with E-state index in [0.29, 0.717) is 10.7 Å². The van der Waals surface area contributed by atoms with E-state index in [1.165, 1.54) is 17.0 Å². The third-order valence-electron chi connectivity index (χ3n) is 6.04. The number of carbonyl (C=O) groups excluding carboxylic acids is 2. The van der Waals surface area contributed by atoms with Crippen LogP contribution in [-0.2, 0) is 11.2 Å². The Morgan fingerprint density at radius 2 is 2.00 bits per heavy atom. The molecule has 3 heterocycles. The zero-order valence-corrected chi connectivity index (χ0v) is 21.1. The second kappa shape index (κ2) is 9.37. The maximum Gasteiger partial charge on any atom is 0.350 e. The van der Waals surface area contributed by atoms with Crippen molar-refractivity contribution in [2.45, 2.75) is 26.3 Å². The van der Waals surface area contributed by atoms with Crippen LogP contribution in [0.4, 0.5) is 5.13 Å². The molecule has 0 aliphatic carbocycles. The van der Waals surface area contributed by atoms with Crippen molar-refractivity contribution >= 4 is 50.9 Å². The Morgan fingerprint density at radius 3 is 2.69 bits per heavy atom. The van der Waals surface area contributed by atoms with E-state index in [4.69, 9.17) is 20.8 Å². The summed E-state index contributed by atoms with van der Waals surface area (Å²) in [4.78, 5) is 46.2. The maximum atomic E-state index is 13.7. The molecule has 0 fully saturated rings. The molecule has 0 bridgehead atoms. The number of aryl methyl sites for hydroxylation is 2. The molecule has 2 aromatic heterocycles. The first-order chi connectivity index (χ1) is 17.3. The van der Waals surface area contributed by atoms with Crippen LogP contribution in [0.15, 0.2) is 64.3 Å². The van der Waals surface area contributed by atoms with Crippen LogP contribution in [0, 0.1) is 6.92 Å². The minimum atomic E-state index is -0.791. The molecule has 1 aliphatic rings. The zero-order chi connectivity index (χ0) is 25.6. The molecule has 2 aromatic carbocycles. The summed E-state index contributed by atoms with van der Waals surface area (Å²) in [6.07, 6.45) is 2.32. The first kappa shape index (κ1) is 24.0. The highest BCUT2D eigenvalue weighted by Crippen LogP contribution is 2.43. The fourth-order valence-electron chi connectivity index (χ4n) is 4.27. The molecule has 0 saturated carbocycles. The molecular formula is C27H21ClN2O5S. The smallest absolute Gasteiger partial charge is 0.350 e. The summed E-state index contributed by atoms with van der Waals surface area (Å²) >= 11 is 7.18. The molecule has 1 unspecified atom stereocenters. The summed E-state index contributed by atoms with van der Waals surface area (Å²) in [5.74, 6) is -1.12. The minimum absolute atomic E-state index is 0.0528. The number of thiazole rings is 1. The van der Waals surface area contributed by atoms with Crippen LogP contribution >= 0.6 is 22.9 Å². The Bertz CT molecular complexity index is 1590. The standard InChI is InChI=1S/C27H21ClN2O5S/c1-4-12-34-26(33)24-14(3)29-27(36-24)30-21(16-8-6-15(5-2)7-9-16)20-22(31)18-13-17(28)10-11-19(18)35-23(20)25(30)32/h4,6-11,13,21H,1,5,12H2,2-3H3. The Labute approximate surface area is 215 Å². The van der Waals surface area contributed by atoms with Gasteiger partial charge >= 0.3 is 5.97 Å². The molecule has 0 N–H and O–H groups in total. The number of aromatic nitrogens is 1. The number of anilines is 1. The molecule has 1 atom stereocenters. The van der Waals surface area contributed by atoms with Gasteiger partial charge in [-0.05, 0) is 42.7 Å². The Balaban J connectivity index is 1.71. The quantitative estimate of drug-likeness (QED) is 0.233. The van der Waals surface area contributed by atoms with Crippen molar-refractivity contribution in [3.05, 3.63) is 103 Å². The summed E-state index contributed by atoms with van der Waals surface area (Å²) < 4.78 is 11.1. The predicted molar refractivity (Wildman–Crippen MR) is 139 cm³/mol. The van der Waals surface area contributed by atoms with E-state index in [0.717, 1.165) is 28.9 Å². The largest absolute Gasteiger partial charge is 0.457 e. The summed E-state index contributed by atoms with van der Waals surface area (Å²) in [5, 5.41) is 0.939. The van der Waals surface area contributed by atoms with Crippen LogP contribution in [0.25, 0.3) is 11.0 Å². The van der Waals surface area contributed by atoms with E-state index in [2.05, 4.69) is 11.6 Å². The molecule has 9 heteroatoms. The number of amides is 1. The number of rotatable bonds is 6. The van der Waals surface area contributed by atoms with Crippen molar-refractivity contribution in [3.63, 3.8) is 0 Å². The van der Waals surface area contributed by atoms with Crippen LogP contribution in [-0.4, -0.2) is 23.5 Å². The van der Waals surface area contributed by atoms with Gasteiger partial charge < -0.3 is 9.15 Å². The lowest BCUT2D eigenvalue weighted by atomic mass is 9.97. The third kappa shape index (κ3) is 3.92. The Hall–Kier alpha value is -3.75. The third-order valence-corrected chi connectivity index (χ3v) is 7.42. The van der Waals surface area contributed by atoms with Crippen LogP contribution in [0.1, 0.15) is 55.6 Å². The number of esters is 1. The van der Waals surface area contributed by atoms with Crippen LogP contribution < -0.4 is 10.3 Å². The van der Waals surface area contributed by atoms with Crippen LogP contribution in [0.3, 0.4) is 0 Å². The van der Waals surface area contributed by atoms with E-state index >= 15 is 0 Å². The number of fused-ring (bicyclic) bond motifs is 2. The lowest BCUT2D eigenvalue weighted by Crippen LogP contribution is -2.29. The summed E-state index contributed by atoms with van der Waals surface area (Å²) in [6, 6.07) is 11.6. The van der Waals surface area contributed by atoms with Crippen molar-refractivity contribution in [1.82, 2.24) is 4.98 Å². The van der Waals surface area contributed by atoms with Crippen molar-refractivity contribution in [1.29, 1.82) is 0 Å². The van der Waals surface area contributed by atoms with Gasteiger partial charge in [0.2, 0.25) is 5.76 Å². The molecule has 7 nitrogen and oxygen atoms in total. The topological polar surface area (TPSA) is 89.7 Å². The molecular weight excluding hydrogens is 500 g/mol. The highest BCUT2D eigenvalue weighted by Gasteiger charge is 2.45. The van der Waals surface area contributed by atoms with E-state index < -0.39 is 17.9 Å². The number of ether oxygens (including phenoxy) is 1. The van der Waals surface area contributed by atoms with Gasteiger partial charge in [-0.15, -0.1) is 0 Å². The van der Waals surface area contributed by atoms with Crippen molar-refractivity contribution in [2.24, 2.45) is 0 Å². The van der Waals surface area contributed by atoms with Gasteiger partial charge in [-0.1, -0.05) is 66.8 Å². The van der Waals surface area contributed by atoms with E-state index in [-0.39, 0.29) is 44.3 Å². The molecule has 1 aliphatic heterocycles. The van der Waals surface area contributed by atoms with Crippen molar-refractivity contribution in [3.8, 4) is 0 Å². The fraction of sp³-hybridized carbons (Fsp3) is 0.185. The monoisotopic (exact) mass is 520 g/mol. The number of nitrogens with zero attached hydrogens (tertiary/aromatic N) is 2. The molecule has 0 radical (unpaired) electrons. The second-order valence-corrected chi connectivity index (χ2v) is 9.70. The van der Waals surface area contributed by atoms with Crippen molar-refractivity contribution < 1.29 is 18.7 Å². The van der Waals surface area contributed by atoms with Gasteiger partial charge in [0, 0.05) is 5.02 Å². The summed E-state index contributed by atoms with van der Waals surface area (Å²) in [5.41, 5.74) is 2.39. The van der Waals surface area contributed by atoms with Gasteiger partial charge in [-0.2, -0.15) is 0 Å². The van der Waals surface area contributed by atoms with Gasteiger partial charge in [0.25, 0.3) is 5.91 Å². The number of benzene rings is 2. The predicted octanol–water partition coefficient (Wildman–Crippen LogP) is 5.87. The van der Waals surface area contributed by atoms with Gasteiger partial charge in [0.15, 0.2) is 10.6 Å². The molecule has 36 heavy (non-hydrogen) atoms. The second-order valence-electron chi connectivity index (χ2n) is 8.29. The lowest BCUT2D eigenvalue weighted by molar-refractivity contribution is 0.0554. The number of hydrogen-bond donors (Lipinski definition) is 0. The molecule has 5 rings (SSSR count). The minimum Gasteiger partial charge on any atom is -0.457 e. The first-order valence-corrected chi connectivity index (χ1v) is 12.5. The van der Waals surface area contributed by atoms with Gasteiger partial charge in [0.1, 0.15) is 17.1 Å². The number of hydrogen-bond acceptors (Lipinski definition) is 7. The highest BCUT2D eigenvalue weighted by molar-refractivity contribution is 7.17. The average molecular weight is 521 g/mol. The fourth-order valence-corrected chi connectivity index (χ4v) is 5.43. The van der Waals surface area contributed by atoms with Gasteiger partial charge in [-0.25, -0.2) is 9.78 Å². The van der Waals surface area contributed by atoms with Gasteiger partial charge in [-0.3, -0.25) is 14.5 Å². The number of carbonyl (C=O) groups is 2. The van der Waals surface area contributed by atoms with Crippen LogP contribution in [0.2, 0.25) is 5.02 Å². The summed E-state index contributed by atoms with van der Waals surface area (Å²) in [6.45, 7) is 7.32. The Kier molecular flexibility index (Phi) is 6.24. The first-order valence-electron chi connectivity index (χ1n) is 11.3. The number of halogens is 1. The van der Waals surface area contributed by atoms with Crippen molar-refractivity contribution in [2.75, 3.05) is 11.5 Å². The SMILES string of the molecule is C=CCOC(=O)c1sc(N2C(=O)c3oc4ccc(Cl)cc4c(=O)c3C2c2ccc(CC)cc2)nc1C. The highest BCUT2D eigenvalue weighted by atomic mass is 35.5. The average Bonchev–Trinajstić information content (AvgIpc) is 3.40. The molecule has 4 aromatic rings. The molecule has 1 amide bonds. The molecule has 0 saturated heterocycles. The van der Waals surface area contributed by atoms with Crippen LogP contribution in [0.5, 0.6) is 0 Å².